The fraction of sp³-hybridized carbons (Fsp3) is 0.188. The zero-order chi connectivity index (χ0) is 17.1. The van der Waals surface area contributed by atoms with Crippen molar-refractivity contribution in [1.29, 1.82) is 0 Å². The number of nitrogens with one attached hydrogen (secondary N) is 1. The topological polar surface area (TPSA) is 68.3 Å². The third-order valence-electron chi connectivity index (χ3n) is 3.35. The average Bonchev–Trinajstić information content (AvgIpc) is 2.96. The number of ether oxygens (including phenoxy) is 1. The van der Waals surface area contributed by atoms with Crippen LogP contribution in [-0.2, 0) is 4.79 Å². The summed E-state index contributed by atoms with van der Waals surface area (Å²) in [4.78, 5) is 27.8. The number of nitrogens with zero attached hydrogens (tertiary/aromatic N) is 1. The molecule has 1 aliphatic heterocycles. The number of hydrogen-bond donors (Lipinski definition) is 1. The lowest BCUT2D eigenvalue weighted by Crippen LogP contribution is -2.37. The van der Waals surface area contributed by atoms with E-state index in [-0.39, 0.29) is 11.0 Å². The van der Waals surface area contributed by atoms with Gasteiger partial charge in [-0.05, 0) is 30.7 Å². The van der Waals surface area contributed by atoms with Gasteiger partial charge in [-0.2, -0.15) is 0 Å². The van der Waals surface area contributed by atoms with Crippen LogP contribution in [0.2, 0.25) is 10.0 Å². The van der Waals surface area contributed by atoms with Gasteiger partial charge in [-0.25, -0.2) is 4.98 Å². The highest BCUT2D eigenvalue weighted by Crippen LogP contribution is 2.30. The van der Waals surface area contributed by atoms with Crippen LogP contribution in [0.25, 0.3) is 0 Å². The number of carbonyl (C=O) groups is 2. The molecule has 5 nitrogen and oxygen atoms in total. The highest BCUT2D eigenvalue weighted by atomic mass is 35.5. The smallest absolute Gasteiger partial charge is 0.253 e. The molecule has 0 spiro atoms. The molecule has 0 radical (unpaired) electrons. The minimum Gasteiger partial charge on any atom is -0.437 e. The highest BCUT2D eigenvalue weighted by Gasteiger charge is 2.27. The van der Waals surface area contributed by atoms with Gasteiger partial charge in [0.1, 0.15) is 5.75 Å². The molecule has 0 saturated carbocycles. The van der Waals surface area contributed by atoms with E-state index in [1.165, 1.54) is 18.0 Å². The summed E-state index contributed by atoms with van der Waals surface area (Å²) in [5.74, 6) is 1.11. The molecule has 1 N–H and O–H groups in total. The van der Waals surface area contributed by atoms with Crippen molar-refractivity contribution in [3.8, 4) is 11.6 Å². The Kier molecular flexibility index (Phi) is 5.28. The second-order valence-corrected chi connectivity index (χ2v) is 6.99. The van der Waals surface area contributed by atoms with E-state index in [1.54, 1.807) is 30.3 Å². The molecule has 1 amide bonds. The second kappa shape index (κ2) is 7.42. The van der Waals surface area contributed by atoms with Crippen LogP contribution >= 0.6 is 35.0 Å². The van der Waals surface area contributed by atoms with E-state index < -0.39 is 6.04 Å². The largest absolute Gasteiger partial charge is 0.437 e. The summed E-state index contributed by atoms with van der Waals surface area (Å²) in [6.07, 6.45) is 2.04. The summed E-state index contributed by atoms with van der Waals surface area (Å²) in [5.41, 5.74) is 0.356. The quantitative estimate of drug-likeness (QED) is 0.866. The summed E-state index contributed by atoms with van der Waals surface area (Å²) in [6, 6.07) is 7.57. The number of rotatable bonds is 4. The zero-order valence-corrected chi connectivity index (χ0v) is 14.6. The van der Waals surface area contributed by atoms with E-state index in [2.05, 4.69) is 10.3 Å². The van der Waals surface area contributed by atoms with Gasteiger partial charge in [-0.1, -0.05) is 35.0 Å². The maximum atomic E-state index is 12.1. The van der Waals surface area contributed by atoms with E-state index in [9.17, 15) is 9.59 Å². The number of halogens is 2. The molecule has 3 rings (SSSR count). The molecular formula is C16H12Cl2N2O3S. The lowest BCUT2D eigenvalue weighted by Gasteiger charge is -2.10. The summed E-state index contributed by atoms with van der Waals surface area (Å²) in [7, 11) is 0. The lowest BCUT2D eigenvalue weighted by molar-refractivity contribution is -0.112. The van der Waals surface area contributed by atoms with Gasteiger partial charge in [0.15, 0.2) is 0 Å². The maximum Gasteiger partial charge on any atom is 0.253 e. The SMILES string of the molecule is O=C(N[C@H]1CCSC1=O)c1ccc(Oc2ccc(Cl)cc2Cl)nc1. The number of aromatic nitrogens is 1. The third-order valence-corrected chi connectivity index (χ3v) is 4.89. The first-order chi connectivity index (χ1) is 11.5. The van der Waals surface area contributed by atoms with Crippen molar-refractivity contribution in [2.24, 2.45) is 0 Å². The van der Waals surface area contributed by atoms with Crippen molar-refractivity contribution < 1.29 is 14.3 Å². The molecular weight excluding hydrogens is 371 g/mol. The fourth-order valence-corrected chi connectivity index (χ4v) is 3.49. The summed E-state index contributed by atoms with van der Waals surface area (Å²) in [5, 5.41) is 3.57. The van der Waals surface area contributed by atoms with E-state index in [0.29, 0.717) is 33.7 Å². The van der Waals surface area contributed by atoms with Gasteiger partial charge in [0.25, 0.3) is 5.91 Å². The van der Waals surface area contributed by atoms with Gasteiger partial charge in [-0.3, -0.25) is 9.59 Å². The minimum atomic E-state index is -0.425. The molecule has 1 fully saturated rings. The Morgan fingerprint density at radius 2 is 2.12 bits per heavy atom. The van der Waals surface area contributed by atoms with Crippen molar-refractivity contribution in [3.63, 3.8) is 0 Å². The van der Waals surface area contributed by atoms with Crippen molar-refractivity contribution in [2.45, 2.75) is 12.5 Å². The van der Waals surface area contributed by atoms with Crippen molar-refractivity contribution in [3.05, 3.63) is 52.1 Å². The van der Waals surface area contributed by atoms with Crippen molar-refractivity contribution in [1.82, 2.24) is 10.3 Å². The van der Waals surface area contributed by atoms with E-state index in [4.69, 9.17) is 27.9 Å². The molecule has 1 aliphatic rings. The van der Waals surface area contributed by atoms with Gasteiger partial charge in [-0.15, -0.1) is 0 Å². The Hall–Kier alpha value is -1.76. The summed E-state index contributed by atoms with van der Waals surface area (Å²) < 4.78 is 5.56. The first-order valence-electron chi connectivity index (χ1n) is 7.09. The molecule has 1 aromatic heterocycles. The lowest BCUT2D eigenvalue weighted by atomic mass is 10.2. The molecule has 124 valence electrons. The predicted molar refractivity (Wildman–Crippen MR) is 94.1 cm³/mol. The normalized spacial score (nSPS) is 16.9. The summed E-state index contributed by atoms with van der Waals surface area (Å²) in [6.45, 7) is 0. The number of hydrogen-bond acceptors (Lipinski definition) is 5. The molecule has 0 aliphatic carbocycles. The van der Waals surface area contributed by atoms with Gasteiger partial charge in [0.05, 0.1) is 16.6 Å². The number of amides is 1. The van der Waals surface area contributed by atoms with Crippen LogP contribution in [0, 0.1) is 0 Å². The van der Waals surface area contributed by atoms with E-state index in [1.807, 2.05) is 0 Å². The fourth-order valence-electron chi connectivity index (χ4n) is 2.11. The Morgan fingerprint density at radius 1 is 1.29 bits per heavy atom. The third kappa shape index (κ3) is 4.01. The molecule has 2 heterocycles. The van der Waals surface area contributed by atoms with Gasteiger partial charge >= 0.3 is 0 Å². The molecule has 24 heavy (non-hydrogen) atoms. The molecule has 2 aromatic rings. The van der Waals surface area contributed by atoms with Crippen LogP contribution in [0.5, 0.6) is 11.6 Å². The number of pyridine rings is 1. The molecule has 0 unspecified atom stereocenters. The number of benzene rings is 1. The Morgan fingerprint density at radius 3 is 2.75 bits per heavy atom. The van der Waals surface area contributed by atoms with Crippen LogP contribution in [0.3, 0.4) is 0 Å². The first-order valence-corrected chi connectivity index (χ1v) is 8.83. The maximum absolute atomic E-state index is 12.1. The van der Waals surface area contributed by atoms with Crippen LogP contribution in [-0.4, -0.2) is 27.8 Å². The van der Waals surface area contributed by atoms with Gasteiger partial charge < -0.3 is 10.1 Å². The minimum absolute atomic E-state index is 0.00589. The Balaban J connectivity index is 1.66. The Labute approximate surface area is 152 Å². The van der Waals surface area contributed by atoms with Gasteiger partial charge in [0.2, 0.25) is 11.0 Å². The average molecular weight is 383 g/mol. The zero-order valence-electron chi connectivity index (χ0n) is 12.3. The number of carbonyl (C=O) groups excluding carboxylic acids is 2. The van der Waals surface area contributed by atoms with Crippen LogP contribution in [0.1, 0.15) is 16.8 Å². The predicted octanol–water partition coefficient (Wildman–Crippen LogP) is 3.94. The molecule has 1 aromatic carbocycles. The van der Waals surface area contributed by atoms with E-state index in [0.717, 1.165) is 5.75 Å². The second-order valence-electron chi connectivity index (χ2n) is 5.04. The van der Waals surface area contributed by atoms with Crippen LogP contribution < -0.4 is 10.1 Å². The van der Waals surface area contributed by atoms with Crippen LogP contribution in [0.4, 0.5) is 0 Å². The highest BCUT2D eigenvalue weighted by molar-refractivity contribution is 8.14. The Bertz CT molecular complexity index is 783. The molecule has 0 bridgehead atoms. The standard InChI is InChI=1S/C16H12Cl2N2O3S/c17-10-2-3-13(11(18)7-10)23-14-4-1-9(8-19-14)15(21)20-12-5-6-24-16(12)22/h1-4,7-8,12H,5-6H2,(H,20,21)/t12-/m0/s1. The van der Waals surface area contributed by atoms with Crippen molar-refractivity contribution in [2.75, 3.05) is 5.75 Å². The molecule has 8 heteroatoms. The van der Waals surface area contributed by atoms with Crippen molar-refractivity contribution >= 4 is 46.0 Å². The number of thioether (sulfide) groups is 1. The monoisotopic (exact) mass is 382 g/mol. The molecule has 1 saturated heterocycles. The first kappa shape index (κ1) is 17.1. The summed E-state index contributed by atoms with van der Waals surface area (Å²) >= 11 is 13.1. The molecule has 1 atom stereocenters. The van der Waals surface area contributed by atoms with Crippen LogP contribution in [0.15, 0.2) is 36.5 Å². The van der Waals surface area contributed by atoms with Gasteiger partial charge in [0, 0.05) is 23.0 Å². The van der Waals surface area contributed by atoms with E-state index >= 15 is 0 Å².